The maximum atomic E-state index is 11.6. The number of nitrogens with zero attached hydrogens (tertiary/aromatic N) is 2. The van der Waals surface area contributed by atoms with Crippen molar-refractivity contribution >= 4 is 11.9 Å². The van der Waals surface area contributed by atoms with Gasteiger partial charge in [-0.2, -0.15) is 0 Å². The molecule has 0 radical (unpaired) electrons. The van der Waals surface area contributed by atoms with Gasteiger partial charge in [-0.1, -0.05) is 36.1 Å². The monoisotopic (exact) mass is 269 g/mol. The highest BCUT2D eigenvalue weighted by Crippen LogP contribution is 2.19. The van der Waals surface area contributed by atoms with E-state index in [0.29, 0.717) is 6.54 Å². The molecule has 0 aliphatic carbocycles. The zero-order valence-corrected chi connectivity index (χ0v) is 10.9. The van der Waals surface area contributed by atoms with E-state index in [1.165, 1.54) is 24.4 Å². The van der Waals surface area contributed by atoms with E-state index in [-0.39, 0.29) is 17.0 Å². The van der Waals surface area contributed by atoms with Gasteiger partial charge in [0, 0.05) is 18.3 Å². The first-order chi connectivity index (χ1) is 9.58. The van der Waals surface area contributed by atoms with E-state index in [9.17, 15) is 15.2 Å². The highest BCUT2D eigenvalue weighted by molar-refractivity contribution is 5.84. The van der Waals surface area contributed by atoms with Crippen LogP contribution in [0.5, 0.6) is 5.75 Å². The van der Waals surface area contributed by atoms with E-state index < -0.39 is 4.92 Å². The SMILES string of the molecule is Cc1ccccc1CN=Cc1cc([N+](=O)[O-])ccc1[O-]. The normalized spacial score (nSPS) is 10.8. The van der Waals surface area contributed by atoms with Crippen molar-refractivity contribution in [1.82, 2.24) is 0 Å². The second-order valence-corrected chi connectivity index (χ2v) is 4.38. The van der Waals surface area contributed by atoms with Crippen LogP contribution in [0.4, 0.5) is 5.69 Å². The molecular weight excluding hydrogens is 256 g/mol. The Kier molecular flexibility index (Phi) is 4.10. The van der Waals surface area contributed by atoms with Crippen molar-refractivity contribution in [3.05, 3.63) is 69.3 Å². The van der Waals surface area contributed by atoms with Crippen LogP contribution in [0.2, 0.25) is 0 Å². The summed E-state index contributed by atoms with van der Waals surface area (Å²) >= 11 is 0. The number of hydrogen-bond acceptors (Lipinski definition) is 4. The molecule has 0 fully saturated rings. The van der Waals surface area contributed by atoms with Crippen LogP contribution in [0.25, 0.3) is 0 Å². The Hall–Kier alpha value is -2.69. The van der Waals surface area contributed by atoms with Gasteiger partial charge in [-0.05, 0) is 23.6 Å². The Balaban J connectivity index is 2.17. The molecule has 5 nitrogen and oxygen atoms in total. The van der Waals surface area contributed by atoms with E-state index >= 15 is 0 Å². The van der Waals surface area contributed by atoms with E-state index in [0.717, 1.165) is 11.1 Å². The Labute approximate surface area is 116 Å². The van der Waals surface area contributed by atoms with Crippen LogP contribution in [-0.4, -0.2) is 11.1 Å². The maximum absolute atomic E-state index is 11.6. The number of nitro groups is 1. The largest absolute Gasteiger partial charge is 0.872 e. The first-order valence-electron chi connectivity index (χ1n) is 6.07. The minimum absolute atomic E-state index is 0.109. The van der Waals surface area contributed by atoms with Gasteiger partial charge in [0.1, 0.15) is 0 Å². The van der Waals surface area contributed by atoms with Crippen LogP contribution >= 0.6 is 0 Å². The summed E-state index contributed by atoms with van der Waals surface area (Å²) in [5.41, 5.74) is 2.29. The van der Waals surface area contributed by atoms with Crippen molar-refractivity contribution in [2.45, 2.75) is 13.5 Å². The maximum Gasteiger partial charge on any atom is 0.270 e. The van der Waals surface area contributed by atoms with E-state index in [4.69, 9.17) is 0 Å². The average molecular weight is 269 g/mol. The molecule has 0 aliphatic rings. The zero-order valence-electron chi connectivity index (χ0n) is 10.9. The van der Waals surface area contributed by atoms with Gasteiger partial charge >= 0.3 is 0 Å². The van der Waals surface area contributed by atoms with Crippen molar-refractivity contribution < 1.29 is 10.0 Å². The van der Waals surface area contributed by atoms with Gasteiger partial charge < -0.3 is 5.11 Å². The molecule has 0 unspecified atom stereocenters. The Morgan fingerprint density at radius 3 is 2.70 bits per heavy atom. The number of rotatable bonds is 4. The first-order valence-corrected chi connectivity index (χ1v) is 6.07. The molecule has 0 N–H and O–H groups in total. The molecular formula is C15H13N2O3-. The highest BCUT2D eigenvalue weighted by Gasteiger charge is 2.05. The van der Waals surface area contributed by atoms with Gasteiger partial charge in [-0.3, -0.25) is 15.1 Å². The Morgan fingerprint density at radius 2 is 2.00 bits per heavy atom. The predicted octanol–water partition coefficient (Wildman–Crippen LogP) is 2.60. The lowest BCUT2D eigenvalue weighted by atomic mass is 10.1. The molecule has 2 aromatic carbocycles. The molecule has 5 heteroatoms. The average Bonchev–Trinajstić information content (AvgIpc) is 2.42. The van der Waals surface area contributed by atoms with E-state index in [2.05, 4.69) is 4.99 Å². The van der Waals surface area contributed by atoms with Gasteiger partial charge in [-0.25, -0.2) is 0 Å². The Bertz CT molecular complexity index is 666. The predicted molar refractivity (Wildman–Crippen MR) is 75.0 cm³/mol. The number of aryl methyl sites for hydroxylation is 1. The summed E-state index contributed by atoms with van der Waals surface area (Å²) in [5.74, 6) is -0.274. The zero-order chi connectivity index (χ0) is 14.5. The van der Waals surface area contributed by atoms with Crippen molar-refractivity contribution in [1.29, 1.82) is 0 Å². The van der Waals surface area contributed by atoms with Crippen LogP contribution in [-0.2, 0) is 6.54 Å². The molecule has 0 saturated carbocycles. The highest BCUT2D eigenvalue weighted by atomic mass is 16.6. The summed E-state index contributed by atoms with van der Waals surface area (Å²) in [4.78, 5) is 14.3. The van der Waals surface area contributed by atoms with Crippen molar-refractivity contribution in [2.75, 3.05) is 0 Å². The number of nitro benzene ring substituents is 1. The third-order valence-corrected chi connectivity index (χ3v) is 2.96. The van der Waals surface area contributed by atoms with Crippen LogP contribution in [0.3, 0.4) is 0 Å². The lowest BCUT2D eigenvalue weighted by Gasteiger charge is -2.08. The fraction of sp³-hybridized carbons (Fsp3) is 0.133. The third kappa shape index (κ3) is 3.20. The quantitative estimate of drug-likeness (QED) is 0.486. The summed E-state index contributed by atoms with van der Waals surface area (Å²) in [5, 5.41) is 22.3. The van der Waals surface area contributed by atoms with Gasteiger partial charge in [0.15, 0.2) is 0 Å². The second kappa shape index (κ2) is 5.97. The molecule has 0 bridgehead atoms. The molecule has 102 valence electrons. The summed E-state index contributed by atoms with van der Waals surface area (Å²) in [6, 6.07) is 11.4. The molecule has 0 atom stereocenters. The minimum Gasteiger partial charge on any atom is -0.872 e. The molecule has 2 rings (SSSR count). The van der Waals surface area contributed by atoms with Crippen LogP contribution < -0.4 is 5.11 Å². The van der Waals surface area contributed by atoms with Gasteiger partial charge in [-0.15, -0.1) is 0 Å². The molecule has 0 saturated heterocycles. The smallest absolute Gasteiger partial charge is 0.270 e. The van der Waals surface area contributed by atoms with Crippen LogP contribution in [0.1, 0.15) is 16.7 Å². The topological polar surface area (TPSA) is 78.6 Å². The van der Waals surface area contributed by atoms with Gasteiger partial charge in [0.2, 0.25) is 0 Å². The number of benzene rings is 2. The summed E-state index contributed by atoms with van der Waals surface area (Å²) in [7, 11) is 0. The van der Waals surface area contributed by atoms with Gasteiger partial charge in [0.05, 0.1) is 11.5 Å². The van der Waals surface area contributed by atoms with Gasteiger partial charge in [0.25, 0.3) is 5.69 Å². The summed E-state index contributed by atoms with van der Waals surface area (Å²) < 4.78 is 0. The molecule has 20 heavy (non-hydrogen) atoms. The first kappa shape index (κ1) is 13.7. The van der Waals surface area contributed by atoms with Crippen molar-refractivity contribution in [3.8, 4) is 5.75 Å². The fourth-order valence-corrected chi connectivity index (χ4v) is 1.78. The standard InChI is InChI=1S/C15H14N2O3/c1-11-4-2-3-5-12(11)9-16-10-13-8-14(17(19)20)6-7-15(13)18/h2-8,10,18H,9H2,1H3/p-1. The molecule has 0 spiro atoms. The molecule has 0 aromatic heterocycles. The Morgan fingerprint density at radius 1 is 1.25 bits per heavy atom. The summed E-state index contributed by atoms with van der Waals surface area (Å²) in [6.07, 6.45) is 1.39. The van der Waals surface area contributed by atoms with Crippen LogP contribution in [0.15, 0.2) is 47.5 Å². The lowest BCUT2D eigenvalue weighted by molar-refractivity contribution is -0.385. The third-order valence-electron chi connectivity index (χ3n) is 2.96. The van der Waals surface area contributed by atoms with E-state index in [1.54, 1.807) is 0 Å². The molecule has 2 aromatic rings. The fourth-order valence-electron chi connectivity index (χ4n) is 1.78. The number of hydrogen-bond donors (Lipinski definition) is 0. The molecule has 0 aliphatic heterocycles. The van der Waals surface area contributed by atoms with Crippen molar-refractivity contribution in [2.24, 2.45) is 4.99 Å². The lowest BCUT2D eigenvalue weighted by Crippen LogP contribution is -1.98. The second-order valence-electron chi connectivity index (χ2n) is 4.38. The van der Waals surface area contributed by atoms with Crippen molar-refractivity contribution in [3.63, 3.8) is 0 Å². The summed E-state index contributed by atoms with van der Waals surface area (Å²) in [6.45, 7) is 2.42. The van der Waals surface area contributed by atoms with E-state index in [1.807, 2.05) is 31.2 Å². The minimum atomic E-state index is -0.530. The number of aliphatic imine (C=N–C) groups is 1. The number of non-ortho nitro benzene ring substituents is 1. The van der Waals surface area contributed by atoms with Crippen LogP contribution in [0, 0.1) is 17.0 Å². The molecule has 0 amide bonds. The molecule has 0 heterocycles.